The number of ether oxygens (including phenoxy) is 2. The number of nitrogens with zero attached hydrogens (tertiary/aromatic N) is 1. The van der Waals surface area contributed by atoms with Crippen LogP contribution in [0.3, 0.4) is 0 Å². The molecule has 3 nitrogen and oxygen atoms in total. The van der Waals surface area contributed by atoms with Gasteiger partial charge in [-0.1, -0.05) is 6.92 Å². The van der Waals surface area contributed by atoms with Gasteiger partial charge in [0.1, 0.15) is 0 Å². The summed E-state index contributed by atoms with van der Waals surface area (Å²) in [7, 11) is 0. The lowest BCUT2D eigenvalue weighted by Gasteiger charge is -2.19. The van der Waals surface area contributed by atoms with Gasteiger partial charge in [0.15, 0.2) is 0 Å². The molecule has 0 atom stereocenters. The molecule has 0 unspecified atom stereocenters. The predicted octanol–water partition coefficient (Wildman–Crippen LogP) is 1.79. The van der Waals surface area contributed by atoms with Crippen molar-refractivity contribution in [3.05, 3.63) is 0 Å². The summed E-state index contributed by atoms with van der Waals surface area (Å²) in [4.78, 5) is 1.69. The Morgan fingerprint density at radius 2 is 1.33 bits per heavy atom. The molecule has 0 bridgehead atoms. The Morgan fingerprint density at radius 3 is 1.60 bits per heavy atom. The summed E-state index contributed by atoms with van der Waals surface area (Å²) in [5.74, 6) is 0. The molecule has 0 saturated carbocycles. The molecule has 15 heavy (non-hydrogen) atoms. The zero-order chi connectivity index (χ0) is 11.7. The molecule has 0 N–H and O–H groups in total. The van der Waals surface area contributed by atoms with Gasteiger partial charge < -0.3 is 9.47 Å². The number of halogens is 4. The quantitative estimate of drug-likeness (QED) is 0.567. The predicted molar refractivity (Wildman–Crippen MR) is 46.0 cm³/mol. The fourth-order valence-electron chi connectivity index (χ4n) is 0.970. The summed E-state index contributed by atoms with van der Waals surface area (Å²) in [6.45, 7) is -2.92. The number of hydrogen-bond donors (Lipinski definition) is 0. The maximum absolute atomic E-state index is 11.6. The minimum atomic E-state index is -2.79. The van der Waals surface area contributed by atoms with E-state index in [4.69, 9.17) is 0 Å². The zero-order valence-electron chi connectivity index (χ0n) is 8.47. The average Bonchev–Trinajstić information content (AvgIpc) is 2.14. The van der Waals surface area contributed by atoms with E-state index in [2.05, 4.69) is 9.47 Å². The lowest BCUT2D eigenvalue weighted by Crippen LogP contribution is -2.31. The van der Waals surface area contributed by atoms with Gasteiger partial charge in [-0.15, -0.1) is 0 Å². The largest absolute Gasteiger partial charge is 0.345 e. The average molecular weight is 233 g/mol. The molecule has 0 heterocycles. The van der Waals surface area contributed by atoms with Gasteiger partial charge in [0.05, 0.1) is 13.2 Å². The van der Waals surface area contributed by atoms with Crippen LogP contribution < -0.4 is 0 Å². The third kappa shape index (κ3) is 9.89. The van der Waals surface area contributed by atoms with Crippen LogP contribution in [0.15, 0.2) is 0 Å². The van der Waals surface area contributed by atoms with E-state index in [0.717, 1.165) is 0 Å². The highest BCUT2D eigenvalue weighted by Crippen LogP contribution is 1.97. The van der Waals surface area contributed by atoms with Crippen LogP contribution in [-0.4, -0.2) is 51.0 Å². The second-order valence-corrected chi connectivity index (χ2v) is 2.70. The van der Waals surface area contributed by atoms with Gasteiger partial charge in [-0.05, 0) is 6.54 Å². The molecule has 0 aliphatic rings. The fourth-order valence-corrected chi connectivity index (χ4v) is 0.970. The van der Waals surface area contributed by atoms with Crippen LogP contribution in [0.1, 0.15) is 6.92 Å². The maximum Gasteiger partial charge on any atom is 0.345 e. The smallest absolute Gasteiger partial charge is 0.322 e. The van der Waals surface area contributed by atoms with E-state index in [0.29, 0.717) is 6.54 Å². The molecule has 92 valence electrons. The third-order valence-electron chi connectivity index (χ3n) is 1.75. The van der Waals surface area contributed by atoms with Gasteiger partial charge in [-0.3, -0.25) is 4.90 Å². The first-order valence-electron chi connectivity index (χ1n) is 4.58. The normalized spacial score (nSPS) is 12.0. The molecule has 0 radical (unpaired) electrons. The summed E-state index contributed by atoms with van der Waals surface area (Å²) in [6, 6.07) is 0. The van der Waals surface area contributed by atoms with E-state index in [1.54, 1.807) is 11.8 Å². The Hall–Kier alpha value is -0.400. The molecule has 0 aliphatic heterocycles. The monoisotopic (exact) mass is 233 g/mol. The number of alkyl halides is 4. The molecular formula is C8H15F4NO2. The van der Waals surface area contributed by atoms with Crippen LogP contribution in [0, 0.1) is 0 Å². The summed E-state index contributed by atoms with van der Waals surface area (Å²) >= 11 is 0. The van der Waals surface area contributed by atoms with Crippen molar-refractivity contribution >= 4 is 0 Å². The van der Waals surface area contributed by atoms with Crippen molar-refractivity contribution in [3.8, 4) is 0 Å². The standard InChI is InChI=1S/C8H15F4NO2/c1-2-13(3-5-14-7(9)10)4-6-15-8(11)12/h7-8H,2-6H2,1H3. The van der Waals surface area contributed by atoms with E-state index in [1.165, 1.54) is 0 Å². The Bertz CT molecular complexity index is 135. The first-order valence-corrected chi connectivity index (χ1v) is 4.58. The van der Waals surface area contributed by atoms with E-state index < -0.39 is 13.2 Å². The van der Waals surface area contributed by atoms with Gasteiger partial charge in [-0.25, -0.2) is 0 Å². The van der Waals surface area contributed by atoms with Crippen LogP contribution in [0.25, 0.3) is 0 Å². The zero-order valence-corrected chi connectivity index (χ0v) is 8.47. The van der Waals surface area contributed by atoms with Crippen molar-refractivity contribution in [2.45, 2.75) is 20.1 Å². The van der Waals surface area contributed by atoms with Crippen LogP contribution in [0.5, 0.6) is 0 Å². The molecule has 0 saturated heterocycles. The number of rotatable bonds is 9. The highest BCUT2D eigenvalue weighted by atomic mass is 19.3. The van der Waals surface area contributed by atoms with Gasteiger partial charge in [0.2, 0.25) is 0 Å². The minimum Gasteiger partial charge on any atom is -0.322 e. The first-order chi connectivity index (χ1) is 7.06. The maximum atomic E-state index is 11.6. The fraction of sp³-hybridized carbons (Fsp3) is 1.00. The molecule has 0 rings (SSSR count). The summed E-state index contributed by atoms with van der Waals surface area (Å²) in [5.41, 5.74) is 0. The van der Waals surface area contributed by atoms with Crippen LogP contribution >= 0.6 is 0 Å². The van der Waals surface area contributed by atoms with Crippen molar-refractivity contribution in [1.29, 1.82) is 0 Å². The first kappa shape index (κ1) is 14.6. The Morgan fingerprint density at radius 1 is 0.933 bits per heavy atom. The summed E-state index contributed by atoms with van der Waals surface area (Å²) < 4.78 is 54.4. The second-order valence-electron chi connectivity index (χ2n) is 2.70. The molecule has 0 spiro atoms. The lowest BCUT2D eigenvalue weighted by molar-refractivity contribution is -0.139. The minimum absolute atomic E-state index is 0.125. The second kappa shape index (κ2) is 8.87. The molecule has 0 fully saturated rings. The highest BCUT2D eigenvalue weighted by molar-refractivity contribution is 4.53. The molecule has 7 heteroatoms. The Labute approximate surface area is 85.9 Å². The highest BCUT2D eigenvalue weighted by Gasteiger charge is 2.07. The van der Waals surface area contributed by atoms with Gasteiger partial charge in [0, 0.05) is 13.1 Å². The SMILES string of the molecule is CCN(CCOC(F)F)CCOC(F)F. The van der Waals surface area contributed by atoms with Gasteiger partial charge >= 0.3 is 13.2 Å². The van der Waals surface area contributed by atoms with Crippen molar-refractivity contribution in [1.82, 2.24) is 4.90 Å². The van der Waals surface area contributed by atoms with Crippen molar-refractivity contribution < 1.29 is 27.0 Å². The van der Waals surface area contributed by atoms with Crippen molar-refractivity contribution in [3.63, 3.8) is 0 Å². The van der Waals surface area contributed by atoms with Gasteiger partial charge in [-0.2, -0.15) is 17.6 Å². The lowest BCUT2D eigenvalue weighted by atomic mass is 10.5. The Balaban J connectivity index is 3.46. The Kier molecular flexibility index (Phi) is 8.64. The van der Waals surface area contributed by atoms with Crippen LogP contribution in [0.2, 0.25) is 0 Å². The topological polar surface area (TPSA) is 21.7 Å². The molecular weight excluding hydrogens is 218 g/mol. The van der Waals surface area contributed by atoms with Gasteiger partial charge in [0.25, 0.3) is 0 Å². The molecule has 0 amide bonds. The van der Waals surface area contributed by atoms with Crippen molar-refractivity contribution in [2.24, 2.45) is 0 Å². The molecule has 0 aromatic rings. The molecule has 0 aromatic heterocycles. The summed E-state index contributed by atoms with van der Waals surface area (Å²) in [6.07, 6.45) is 0. The molecule has 0 aromatic carbocycles. The van der Waals surface area contributed by atoms with Crippen LogP contribution in [0.4, 0.5) is 17.6 Å². The van der Waals surface area contributed by atoms with E-state index in [-0.39, 0.29) is 26.3 Å². The number of likely N-dealkylation sites (N-methyl/N-ethyl adjacent to an activating group) is 1. The van der Waals surface area contributed by atoms with Crippen molar-refractivity contribution in [2.75, 3.05) is 32.8 Å². The van der Waals surface area contributed by atoms with E-state index in [1.807, 2.05) is 0 Å². The summed E-state index contributed by atoms with van der Waals surface area (Å²) in [5, 5.41) is 0. The van der Waals surface area contributed by atoms with E-state index in [9.17, 15) is 17.6 Å². The van der Waals surface area contributed by atoms with E-state index >= 15 is 0 Å². The van der Waals surface area contributed by atoms with Crippen LogP contribution in [-0.2, 0) is 9.47 Å². The molecule has 0 aliphatic carbocycles. The number of hydrogen-bond acceptors (Lipinski definition) is 3. The third-order valence-corrected chi connectivity index (χ3v) is 1.75.